The zero-order valence-electron chi connectivity index (χ0n) is 5.83. The largest absolute Gasteiger partial charge is 0.0715 e. The molecule has 0 heteroatoms. The van der Waals surface area contributed by atoms with E-state index in [1.807, 2.05) is 0 Å². The molecule has 0 unspecified atom stereocenters. The van der Waals surface area contributed by atoms with Gasteiger partial charge in [0.15, 0.2) is 0 Å². The molecule has 0 aromatic rings. The maximum absolute atomic E-state index is 2.25. The van der Waals surface area contributed by atoms with Crippen LogP contribution in [0.25, 0.3) is 0 Å². The van der Waals surface area contributed by atoms with Crippen LogP contribution < -0.4 is 0 Å². The summed E-state index contributed by atoms with van der Waals surface area (Å²) in [5.74, 6) is 0. The SMILES string of the molecule is CCC(CC)=C1CC1. The van der Waals surface area contributed by atoms with Crippen molar-refractivity contribution in [2.24, 2.45) is 0 Å². The summed E-state index contributed by atoms with van der Waals surface area (Å²) in [6.45, 7) is 4.51. The third-order valence-electron chi connectivity index (χ3n) is 1.85. The molecular weight excluding hydrogens is 96.1 g/mol. The fraction of sp³-hybridized carbons (Fsp3) is 0.750. The first-order chi connectivity index (χ1) is 3.88. The first-order valence-corrected chi connectivity index (χ1v) is 3.58. The second-order valence-corrected chi connectivity index (χ2v) is 2.41. The summed E-state index contributed by atoms with van der Waals surface area (Å²) in [5, 5.41) is 0. The van der Waals surface area contributed by atoms with Crippen molar-refractivity contribution in [1.82, 2.24) is 0 Å². The van der Waals surface area contributed by atoms with Gasteiger partial charge in [-0.05, 0) is 25.7 Å². The summed E-state index contributed by atoms with van der Waals surface area (Å²) in [7, 11) is 0. The predicted octanol–water partition coefficient (Wildman–Crippen LogP) is 2.90. The van der Waals surface area contributed by atoms with Crippen molar-refractivity contribution in [1.29, 1.82) is 0 Å². The third-order valence-corrected chi connectivity index (χ3v) is 1.85. The van der Waals surface area contributed by atoms with E-state index < -0.39 is 0 Å². The monoisotopic (exact) mass is 110 g/mol. The minimum absolute atomic E-state index is 1.28. The molecule has 0 aliphatic heterocycles. The third kappa shape index (κ3) is 1.12. The molecule has 0 saturated heterocycles. The van der Waals surface area contributed by atoms with Gasteiger partial charge in [-0.15, -0.1) is 0 Å². The molecule has 1 saturated carbocycles. The molecular formula is C8H14. The van der Waals surface area contributed by atoms with Gasteiger partial charge in [-0.2, -0.15) is 0 Å². The molecule has 1 rings (SSSR count). The Kier molecular flexibility index (Phi) is 1.72. The zero-order valence-corrected chi connectivity index (χ0v) is 5.83. The van der Waals surface area contributed by atoms with Crippen LogP contribution in [0.5, 0.6) is 0 Å². The van der Waals surface area contributed by atoms with Crippen molar-refractivity contribution in [2.45, 2.75) is 39.5 Å². The highest BCUT2D eigenvalue weighted by Gasteiger charge is 2.14. The zero-order chi connectivity index (χ0) is 5.98. The molecule has 0 atom stereocenters. The fourth-order valence-electron chi connectivity index (χ4n) is 1.17. The molecule has 46 valence electrons. The van der Waals surface area contributed by atoms with Crippen molar-refractivity contribution in [2.75, 3.05) is 0 Å². The normalized spacial score (nSPS) is 16.5. The molecule has 0 amide bonds. The summed E-state index contributed by atoms with van der Waals surface area (Å²) in [5.41, 5.74) is 3.46. The van der Waals surface area contributed by atoms with E-state index in [4.69, 9.17) is 0 Å². The highest BCUT2D eigenvalue weighted by Crippen LogP contribution is 2.33. The standard InChI is InChI=1S/C8H14/c1-3-7(4-2)8-5-6-8/h3-6H2,1-2H3. The highest BCUT2D eigenvalue weighted by molar-refractivity contribution is 5.24. The van der Waals surface area contributed by atoms with E-state index in [1.165, 1.54) is 25.7 Å². The Morgan fingerprint density at radius 3 is 1.88 bits per heavy atom. The first-order valence-electron chi connectivity index (χ1n) is 3.58. The topological polar surface area (TPSA) is 0 Å². The van der Waals surface area contributed by atoms with Crippen LogP contribution in [-0.2, 0) is 0 Å². The van der Waals surface area contributed by atoms with E-state index >= 15 is 0 Å². The van der Waals surface area contributed by atoms with E-state index in [0.29, 0.717) is 0 Å². The Bertz CT molecular complexity index is 97.2. The molecule has 1 fully saturated rings. The van der Waals surface area contributed by atoms with Crippen molar-refractivity contribution < 1.29 is 0 Å². The van der Waals surface area contributed by atoms with E-state index in [-0.39, 0.29) is 0 Å². The Hall–Kier alpha value is -0.260. The molecule has 0 spiro atoms. The summed E-state index contributed by atoms with van der Waals surface area (Å²) >= 11 is 0. The second-order valence-electron chi connectivity index (χ2n) is 2.41. The molecule has 0 aromatic heterocycles. The van der Waals surface area contributed by atoms with Gasteiger partial charge >= 0.3 is 0 Å². The Balaban J connectivity index is 2.49. The molecule has 0 N–H and O–H groups in total. The fourth-order valence-corrected chi connectivity index (χ4v) is 1.17. The molecule has 0 heterocycles. The predicted molar refractivity (Wildman–Crippen MR) is 36.8 cm³/mol. The Morgan fingerprint density at radius 2 is 1.75 bits per heavy atom. The molecule has 0 nitrogen and oxygen atoms in total. The van der Waals surface area contributed by atoms with Crippen LogP contribution in [0.2, 0.25) is 0 Å². The lowest BCUT2D eigenvalue weighted by molar-refractivity contribution is 0.968. The van der Waals surface area contributed by atoms with Crippen molar-refractivity contribution in [3.63, 3.8) is 0 Å². The molecule has 0 aromatic carbocycles. The minimum atomic E-state index is 1.28. The maximum atomic E-state index is 2.25. The van der Waals surface area contributed by atoms with E-state index in [1.54, 1.807) is 11.1 Å². The van der Waals surface area contributed by atoms with Gasteiger partial charge in [0.05, 0.1) is 0 Å². The van der Waals surface area contributed by atoms with Crippen molar-refractivity contribution >= 4 is 0 Å². The van der Waals surface area contributed by atoms with Crippen LogP contribution in [0.3, 0.4) is 0 Å². The van der Waals surface area contributed by atoms with E-state index in [2.05, 4.69) is 13.8 Å². The molecule has 0 radical (unpaired) electrons. The molecule has 0 bridgehead atoms. The first kappa shape index (κ1) is 5.87. The lowest BCUT2D eigenvalue weighted by atomic mass is 10.1. The van der Waals surface area contributed by atoms with E-state index in [9.17, 15) is 0 Å². The van der Waals surface area contributed by atoms with Crippen LogP contribution in [0.1, 0.15) is 39.5 Å². The Labute approximate surface area is 51.6 Å². The summed E-state index contributed by atoms with van der Waals surface area (Å²) < 4.78 is 0. The van der Waals surface area contributed by atoms with Gasteiger partial charge in [0.25, 0.3) is 0 Å². The van der Waals surface area contributed by atoms with Crippen molar-refractivity contribution in [3.05, 3.63) is 11.1 Å². The maximum Gasteiger partial charge on any atom is -0.0280 e. The number of hydrogen-bond donors (Lipinski definition) is 0. The summed E-state index contributed by atoms with van der Waals surface area (Å²) in [6, 6.07) is 0. The smallest absolute Gasteiger partial charge is 0.0280 e. The molecule has 8 heavy (non-hydrogen) atoms. The minimum Gasteiger partial charge on any atom is -0.0715 e. The highest BCUT2D eigenvalue weighted by atomic mass is 14.2. The van der Waals surface area contributed by atoms with Gasteiger partial charge in [-0.25, -0.2) is 0 Å². The van der Waals surface area contributed by atoms with Gasteiger partial charge in [-0.1, -0.05) is 25.0 Å². The molecule has 1 aliphatic carbocycles. The molecule has 1 aliphatic rings. The average Bonchev–Trinajstić information content (AvgIpc) is 2.53. The van der Waals surface area contributed by atoms with Crippen LogP contribution >= 0.6 is 0 Å². The van der Waals surface area contributed by atoms with Gasteiger partial charge in [0.1, 0.15) is 0 Å². The quantitative estimate of drug-likeness (QED) is 0.479. The second kappa shape index (κ2) is 2.34. The number of rotatable bonds is 2. The van der Waals surface area contributed by atoms with Gasteiger partial charge in [0, 0.05) is 0 Å². The van der Waals surface area contributed by atoms with Crippen LogP contribution in [0, 0.1) is 0 Å². The lowest BCUT2D eigenvalue weighted by Crippen LogP contribution is -1.74. The lowest BCUT2D eigenvalue weighted by Gasteiger charge is -1.94. The van der Waals surface area contributed by atoms with Crippen LogP contribution in [0.4, 0.5) is 0 Å². The Morgan fingerprint density at radius 1 is 1.25 bits per heavy atom. The van der Waals surface area contributed by atoms with Gasteiger partial charge in [-0.3, -0.25) is 0 Å². The van der Waals surface area contributed by atoms with Gasteiger partial charge < -0.3 is 0 Å². The van der Waals surface area contributed by atoms with Crippen molar-refractivity contribution in [3.8, 4) is 0 Å². The van der Waals surface area contributed by atoms with Gasteiger partial charge in [0.2, 0.25) is 0 Å². The average molecular weight is 110 g/mol. The number of allylic oxidation sites excluding steroid dienone is 2. The summed E-state index contributed by atoms with van der Waals surface area (Å²) in [6.07, 6.45) is 5.37. The van der Waals surface area contributed by atoms with Crippen LogP contribution in [-0.4, -0.2) is 0 Å². The van der Waals surface area contributed by atoms with Crippen LogP contribution in [0.15, 0.2) is 11.1 Å². The van der Waals surface area contributed by atoms with E-state index in [0.717, 1.165) is 0 Å². The number of hydrogen-bond acceptors (Lipinski definition) is 0. The summed E-state index contributed by atoms with van der Waals surface area (Å²) in [4.78, 5) is 0.